The number of hydrogen-bond acceptors (Lipinski definition) is 3. The smallest absolute Gasteiger partial charge is 0.128 e. The van der Waals surface area contributed by atoms with Crippen LogP contribution in [0.3, 0.4) is 0 Å². The molecule has 0 aliphatic heterocycles. The molecule has 1 aromatic heterocycles. The monoisotopic (exact) mass is 264 g/mol. The Morgan fingerprint density at radius 1 is 1.32 bits per heavy atom. The Labute approximate surface area is 117 Å². The predicted octanol–water partition coefficient (Wildman–Crippen LogP) is 2.92. The Balaban J connectivity index is 2.13. The van der Waals surface area contributed by atoms with Crippen LogP contribution in [0.15, 0.2) is 0 Å². The van der Waals surface area contributed by atoms with E-state index in [1.165, 1.54) is 37.7 Å². The lowest BCUT2D eigenvalue weighted by molar-refractivity contribution is 0.156. The molecule has 0 atom stereocenters. The molecule has 2 rings (SSSR count). The maximum absolute atomic E-state index is 4.54. The number of hydrogen-bond donors (Lipinski definition) is 1. The highest BCUT2D eigenvalue weighted by Crippen LogP contribution is 2.26. The minimum atomic E-state index is 0.767. The fourth-order valence-electron chi connectivity index (χ4n) is 3.35. The molecule has 0 radical (unpaired) electrons. The second-order valence-corrected chi connectivity index (χ2v) is 5.64. The van der Waals surface area contributed by atoms with Crippen molar-refractivity contribution in [2.24, 2.45) is 7.05 Å². The van der Waals surface area contributed by atoms with Crippen LogP contribution in [0.25, 0.3) is 0 Å². The molecule has 1 heterocycles. The Bertz CT molecular complexity index is 405. The first kappa shape index (κ1) is 14.4. The normalized spacial score (nSPS) is 17.1. The van der Waals surface area contributed by atoms with E-state index in [2.05, 4.69) is 29.2 Å². The minimum Gasteiger partial charge on any atom is -0.373 e. The number of aryl methyl sites for hydroxylation is 2. The van der Waals surface area contributed by atoms with E-state index in [1.54, 1.807) is 0 Å². The summed E-state index contributed by atoms with van der Waals surface area (Å²) in [7, 11) is 4.00. The Hall–Kier alpha value is -1.03. The van der Waals surface area contributed by atoms with Gasteiger partial charge in [-0.25, -0.2) is 0 Å². The lowest BCUT2D eigenvalue weighted by Gasteiger charge is -2.33. The zero-order chi connectivity index (χ0) is 13.8. The number of aromatic nitrogens is 2. The summed E-state index contributed by atoms with van der Waals surface area (Å²) < 4.78 is 1.96. The van der Waals surface area contributed by atoms with Gasteiger partial charge in [0.2, 0.25) is 0 Å². The molecule has 0 bridgehead atoms. The van der Waals surface area contributed by atoms with Crippen molar-refractivity contribution in [1.29, 1.82) is 0 Å². The van der Waals surface area contributed by atoms with E-state index < -0.39 is 0 Å². The maximum Gasteiger partial charge on any atom is 0.128 e. The minimum absolute atomic E-state index is 0.767. The van der Waals surface area contributed by atoms with Gasteiger partial charge in [-0.15, -0.1) is 0 Å². The van der Waals surface area contributed by atoms with Crippen LogP contribution < -0.4 is 5.32 Å². The SMILES string of the molecule is CCN(Cc1c(C)nn(C)c1NC)C1CCCCC1. The molecule has 0 unspecified atom stereocenters. The van der Waals surface area contributed by atoms with Crippen molar-refractivity contribution >= 4 is 5.82 Å². The first-order chi connectivity index (χ1) is 9.17. The third kappa shape index (κ3) is 3.11. The molecule has 108 valence electrons. The van der Waals surface area contributed by atoms with E-state index in [0.717, 1.165) is 30.6 Å². The maximum atomic E-state index is 4.54. The first-order valence-electron chi connectivity index (χ1n) is 7.61. The van der Waals surface area contributed by atoms with E-state index in [9.17, 15) is 0 Å². The van der Waals surface area contributed by atoms with Gasteiger partial charge in [0.1, 0.15) is 5.82 Å². The average Bonchev–Trinajstić information content (AvgIpc) is 2.70. The van der Waals surface area contributed by atoms with Crippen molar-refractivity contribution in [3.8, 4) is 0 Å². The van der Waals surface area contributed by atoms with Gasteiger partial charge in [0, 0.05) is 32.2 Å². The van der Waals surface area contributed by atoms with E-state index in [4.69, 9.17) is 0 Å². The van der Waals surface area contributed by atoms with Crippen molar-refractivity contribution in [1.82, 2.24) is 14.7 Å². The average molecular weight is 264 g/mol. The fourth-order valence-corrected chi connectivity index (χ4v) is 3.35. The molecule has 0 aromatic carbocycles. The molecule has 1 aliphatic carbocycles. The highest BCUT2D eigenvalue weighted by atomic mass is 15.3. The van der Waals surface area contributed by atoms with Gasteiger partial charge in [0.05, 0.1) is 5.69 Å². The van der Waals surface area contributed by atoms with Crippen molar-refractivity contribution in [2.75, 3.05) is 18.9 Å². The summed E-state index contributed by atoms with van der Waals surface area (Å²) in [6, 6.07) is 0.767. The van der Waals surface area contributed by atoms with E-state index in [1.807, 2.05) is 18.8 Å². The van der Waals surface area contributed by atoms with Gasteiger partial charge in [-0.05, 0) is 26.3 Å². The molecule has 1 N–H and O–H groups in total. The molecule has 1 saturated carbocycles. The lowest BCUT2D eigenvalue weighted by Crippen LogP contribution is -2.36. The second kappa shape index (κ2) is 6.42. The Morgan fingerprint density at radius 2 is 2.00 bits per heavy atom. The summed E-state index contributed by atoms with van der Waals surface area (Å²) in [5.41, 5.74) is 2.51. The summed E-state index contributed by atoms with van der Waals surface area (Å²) >= 11 is 0. The Morgan fingerprint density at radius 3 is 2.58 bits per heavy atom. The van der Waals surface area contributed by atoms with E-state index in [0.29, 0.717) is 0 Å². The van der Waals surface area contributed by atoms with Gasteiger partial charge in [0.25, 0.3) is 0 Å². The van der Waals surface area contributed by atoms with Gasteiger partial charge in [-0.3, -0.25) is 9.58 Å². The molecule has 1 fully saturated rings. The largest absolute Gasteiger partial charge is 0.373 e. The highest BCUT2D eigenvalue weighted by Gasteiger charge is 2.22. The van der Waals surface area contributed by atoms with Gasteiger partial charge in [-0.1, -0.05) is 26.2 Å². The number of nitrogens with one attached hydrogen (secondary N) is 1. The molecule has 0 spiro atoms. The Kier molecular flexibility index (Phi) is 4.86. The third-order valence-electron chi connectivity index (χ3n) is 4.44. The van der Waals surface area contributed by atoms with Gasteiger partial charge < -0.3 is 5.32 Å². The zero-order valence-electron chi connectivity index (χ0n) is 12.9. The van der Waals surface area contributed by atoms with Crippen molar-refractivity contribution in [2.45, 2.75) is 58.5 Å². The standard InChI is InChI=1S/C15H28N4/c1-5-19(13-9-7-6-8-10-13)11-14-12(2)17-18(4)15(14)16-3/h13,16H,5-11H2,1-4H3. The summed E-state index contributed by atoms with van der Waals surface area (Å²) in [5.74, 6) is 1.16. The molecular weight excluding hydrogens is 236 g/mol. The molecule has 4 heteroatoms. The van der Waals surface area contributed by atoms with Crippen LogP contribution >= 0.6 is 0 Å². The number of anilines is 1. The molecule has 19 heavy (non-hydrogen) atoms. The molecule has 1 aliphatic rings. The molecule has 4 nitrogen and oxygen atoms in total. The van der Waals surface area contributed by atoms with Crippen LogP contribution in [0, 0.1) is 6.92 Å². The van der Waals surface area contributed by atoms with Crippen molar-refractivity contribution < 1.29 is 0 Å². The summed E-state index contributed by atoms with van der Waals surface area (Å²) in [4.78, 5) is 2.63. The van der Waals surface area contributed by atoms with Crippen LogP contribution in [0.4, 0.5) is 5.82 Å². The molecule has 1 aromatic rings. The van der Waals surface area contributed by atoms with Gasteiger partial charge in [0.15, 0.2) is 0 Å². The second-order valence-electron chi connectivity index (χ2n) is 5.64. The highest BCUT2D eigenvalue weighted by molar-refractivity contribution is 5.46. The van der Waals surface area contributed by atoms with Crippen LogP contribution in [0.1, 0.15) is 50.3 Å². The van der Waals surface area contributed by atoms with Crippen molar-refractivity contribution in [3.05, 3.63) is 11.3 Å². The van der Waals surface area contributed by atoms with Crippen LogP contribution in [-0.2, 0) is 13.6 Å². The summed E-state index contributed by atoms with van der Waals surface area (Å²) in [6.45, 7) is 6.55. The molecular formula is C15H28N4. The third-order valence-corrected chi connectivity index (χ3v) is 4.44. The summed E-state index contributed by atoms with van der Waals surface area (Å²) in [5, 5.41) is 7.83. The topological polar surface area (TPSA) is 33.1 Å². The first-order valence-corrected chi connectivity index (χ1v) is 7.61. The number of rotatable bonds is 5. The quantitative estimate of drug-likeness (QED) is 0.887. The molecule has 0 amide bonds. The van der Waals surface area contributed by atoms with Crippen LogP contribution in [-0.4, -0.2) is 34.3 Å². The van der Waals surface area contributed by atoms with E-state index >= 15 is 0 Å². The molecule has 0 saturated heterocycles. The van der Waals surface area contributed by atoms with Gasteiger partial charge >= 0.3 is 0 Å². The number of nitrogens with zero attached hydrogens (tertiary/aromatic N) is 3. The van der Waals surface area contributed by atoms with Crippen LogP contribution in [0.2, 0.25) is 0 Å². The fraction of sp³-hybridized carbons (Fsp3) is 0.800. The zero-order valence-corrected chi connectivity index (χ0v) is 12.9. The van der Waals surface area contributed by atoms with Gasteiger partial charge in [-0.2, -0.15) is 5.10 Å². The predicted molar refractivity (Wildman–Crippen MR) is 80.4 cm³/mol. The van der Waals surface area contributed by atoms with E-state index in [-0.39, 0.29) is 0 Å². The van der Waals surface area contributed by atoms with Crippen molar-refractivity contribution in [3.63, 3.8) is 0 Å². The summed E-state index contributed by atoms with van der Waals surface area (Å²) in [6.07, 6.45) is 6.93. The van der Waals surface area contributed by atoms with Crippen LogP contribution in [0.5, 0.6) is 0 Å². The lowest BCUT2D eigenvalue weighted by atomic mass is 9.94.